The van der Waals surface area contributed by atoms with E-state index in [2.05, 4.69) is 20.8 Å². The number of para-hydroxylation sites is 1. The van der Waals surface area contributed by atoms with Gasteiger partial charge in [0.05, 0.1) is 17.2 Å². The van der Waals surface area contributed by atoms with Crippen molar-refractivity contribution in [2.75, 3.05) is 25.2 Å². The van der Waals surface area contributed by atoms with Gasteiger partial charge >= 0.3 is 0 Å². The number of rotatable bonds is 10. The number of anilines is 1. The summed E-state index contributed by atoms with van der Waals surface area (Å²) in [6, 6.07) is 20.3. The minimum absolute atomic E-state index is 0.0247. The summed E-state index contributed by atoms with van der Waals surface area (Å²) in [5.41, 5.74) is 1.50. The van der Waals surface area contributed by atoms with E-state index in [-0.39, 0.29) is 28.7 Å². The minimum Gasteiger partial charge on any atom is -0.345 e. The maximum atomic E-state index is 13.1. The Morgan fingerprint density at radius 1 is 0.949 bits per heavy atom. The number of halogens is 1. The Morgan fingerprint density at radius 3 is 2.26 bits per heavy atom. The molecule has 13 heteroatoms. The predicted molar refractivity (Wildman–Crippen MR) is 146 cm³/mol. The van der Waals surface area contributed by atoms with Crippen molar-refractivity contribution in [2.24, 2.45) is 0 Å². The molecular formula is C26H25FN6O4S2. The van der Waals surface area contributed by atoms with Gasteiger partial charge in [-0.3, -0.25) is 14.2 Å². The molecule has 2 N–H and O–H groups in total. The van der Waals surface area contributed by atoms with Crippen LogP contribution in [-0.4, -0.2) is 59.2 Å². The first-order chi connectivity index (χ1) is 18.6. The normalized spacial score (nSPS) is 11.4. The lowest BCUT2D eigenvalue weighted by molar-refractivity contribution is -0.113. The molecule has 0 fully saturated rings. The summed E-state index contributed by atoms with van der Waals surface area (Å²) in [5.74, 6) is -0.658. The number of hydrogen-bond acceptors (Lipinski definition) is 7. The van der Waals surface area contributed by atoms with E-state index in [9.17, 15) is 22.4 Å². The van der Waals surface area contributed by atoms with Crippen LogP contribution in [0, 0.1) is 5.82 Å². The fourth-order valence-electron chi connectivity index (χ4n) is 3.46. The number of nitrogens with zero attached hydrogens (tertiary/aromatic N) is 4. The summed E-state index contributed by atoms with van der Waals surface area (Å²) in [5, 5.41) is 14.4. The monoisotopic (exact) mass is 568 g/mol. The predicted octanol–water partition coefficient (Wildman–Crippen LogP) is 3.32. The molecule has 0 atom stereocenters. The number of thioether (sulfide) groups is 1. The Hall–Kier alpha value is -4.07. The standard InChI is InChI=1S/C26H25FN6O4S2/c1-32(2)39(36,37)22-14-8-18(9-15-22)25(35)28-16-23-30-31-26(33(23)21-6-4-3-5-7-21)38-17-24(34)29-20-12-10-19(27)11-13-20/h3-15H,16-17H2,1-2H3,(H,28,35)(H,29,34). The molecule has 202 valence electrons. The van der Waals surface area contributed by atoms with Gasteiger partial charge in [0.25, 0.3) is 5.91 Å². The van der Waals surface area contributed by atoms with E-state index in [1.54, 1.807) is 4.57 Å². The molecule has 3 aromatic carbocycles. The summed E-state index contributed by atoms with van der Waals surface area (Å²) in [6.45, 7) is 0.0286. The SMILES string of the molecule is CN(C)S(=O)(=O)c1ccc(C(=O)NCc2nnc(SCC(=O)Nc3ccc(F)cc3)n2-c2ccccc2)cc1. The highest BCUT2D eigenvalue weighted by Crippen LogP contribution is 2.23. The zero-order valence-corrected chi connectivity index (χ0v) is 22.7. The van der Waals surface area contributed by atoms with Crippen molar-refractivity contribution in [3.8, 4) is 5.69 Å². The van der Waals surface area contributed by atoms with Crippen molar-refractivity contribution in [2.45, 2.75) is 16.6 Å². The molecule has 1 heterocycles. The van der Waals surface area contributed by atoms with Gasteiger partial charge in [-0.25, -0.2) is 17.1 Å². The molecule has 2 amide bonds. The molecule has 4 aromatic rings. The molecule has 0 unspecified atom stereocenters. The molecular weight excluding hydrogens is 543 g/mol. The molecule has 0 aliphatic carbocycles. The van der Waals surface area contributed by atoms with Crippen LogP contribution in [0.1, 0.15) is 16.2 Å². The van der Waals surface area contributed by atoms with Crippen molar-refractivity contribution >= 4 is 39.3 Å². The smallest absolute Gasteiger partial charge is 0.251 e. The topological polar surface area (TPSA) is 126 Å². The summed E-state index contributed by atoms with van der Waals surface area (Å²) in [4.78, 5) is 25.3. The Labute approximate surface area is 229 Å². The molecule has 0 saturated carbocycles. The second-order valence-corrected chi connectivity index (χ2v) is 11.5. The Balaban J connectivity index is 1.46. The van der Waals surface area contributed by atoms with Gasteiger partial charge < -0.3 is 10.6 Å². The van der Waals surface area contributed by atoms with Crippen molar-refractivity contribution in [1.29, 1.82) is 0 Å². The molecule has 10 nitrogen and oxygen atoms in total. The van der Waals surface area contributed by atoms with Crippen LogP contribution in [0.3, 0.4) is 0 Å². The number of benzene rings is 3. The van der Waals surface area contributed by atoms with Gasteiger partial charge in [0, 0.05) is 31.0 Å². The van der Waals surface area contributed by atoms with Gasteiger partial charge in [-0.2, -0.15) is 0 Å². The fraction of sp³-hybridized carbons (Fsp3) is 0.154. The molecule has 0 spiro atoms. The van der Waals surface area contributed by atoms with E-state index in [1.807, 2.05) is 30.3 Å². The highest BCUT2D eigenvalue weighted by molar-refractivity contribution is 7.99. The third-order valence-electron chi connectivity index (χ3n) is 5.48. The van der Waals surface area contributed by atoms with Gasteiger partial charge in [-0.05, 0) is 60.7 Å². The lowest BCUT2D eigenvalue weighted by Crippen LogP contribution is -2.25. The van der Waals surface area contributed by atoms with Crippen molar-refractivity contribution in [1.82, 2.24) is 24.4 Å². The van der Waals surface area contributed by atoms with E-state index in [4.69, 9.17) is 0 Å². The van der Waals surface area contributed by atoms with Crippen LogP contribution in [0.4, 0.5) is 10.1 Å². The second kappa shape index (κ2) is 12.2. The number of hydrogen-bond donors (Lipinski definition) is 2. The van der Waals surface area contributed by atoms with Crippen molar-refractivity contribution in [3.05, 3.63) is 96.1 Å². The van der Waals surface area contributed by atoms with Crippen LogP contribution in [-0.2, 0) is 21.4 Å². The van der Waals surface area contributed by atoms with Crippen molar-refractivity contribution in [3.63, 3.8) is 0 Å². The lowest BCUT2D eigenvalue weighted by atomic mass is 10.2. The van der Waals surface area contributed by atoms with Crippen LogP contribution >= 0.6 is 11.8 Å². The maximum Gasteiger partial charge on any atom is 0.251 e. The van der Waals surface area contributed by atoms with Crippen LogP contribution in [0.25, 0.3) is 5.69 Å². The van der Waals surface area contributed by atoms with E-state index in [1.165, 1.54) is 62.6 Å². The summed E-state index contributed by atoms with van der Waals surface area (Å²) < 4.78 is 40.5. The number of aromatic nitrogens is 3. The van der Waals surface area contributed by atoms with Gasteiger partial charge in [-0.1, -0.05) is 30.0 Å². The summed E-state index contributed by atoms with van der Waals surface area (Å²) >= 11 is 1.16. The van der Waals surface area contributed by atoms with Gasteiger partial charge in [0.2, 0.25) is 15.9 Å². The number of amides is 2. The first kappa shape index (κ1) is 28.0. The van der Waals surface area contributed by atoms with E-state index in [0.717, 1.165) is 21.8 Å². The number of sulfonamides is 1. The minimum atomic E-state index is -3.61. The van der Waals surface area contributed by atoms with Gasteiger partial charge in [0.1, 0.15) is 5.82 Å². The van der Waals surface area contributed by atoms with E-state index < -0.39 is 21.7 Å². The number of carbonyl (C=O) groups is 2. The lowest BCUT2D eigenvalue weighted by Gasteiger charge is -2.12. The zero-order chi connectivity index (χ0) is 28.0. The molecule has 0 radical (unpaired) electrons. The molecule has 0 saturated heterocycles. The van der Waals surface area contributed by atoms with Crippen LogP contribution in [0.5, 0.6) is 0 Å². The third-order valence-corrected chi connectivity index (χ3v) is 8.24. The number of carbonyl (C=O) groups excluding carboxylic acids is 2. The molecule has 0 bridgehead atoms. The molecule has 0 aliphatic rings. The second-order valence-electron chi connectivity index (χ2n) is 8.41. The molecule has 39 heavy (non-hydrogen) atoms. The summed E-state index contributed by atoms with van der Waals surface area (Å²) in [7, 11) is -0.737. The summed E-state index contributed by atoms with van der Waals surface area (Å²) in [6.07, 6.45) is 0. The zero-order valence-electron chi connectivity index (χ0n) is 21.0. The maximum absolute atomic E-state index is 13.1. The van der Waals surface area contributed by atoms with Gasteiger partial charge in [0.15, 0.2) is 11.0 Å². The van der Waals surface area contributed by atoms with E-state index in [0.29, 0.717) is 16.7 Å². The largest absolute Gasteiger partial charge is 0.345 e. The first-order valence-corrected chi connectivity index (χ1v) is 14.1. The average Bonchev–Trinajstić information content (AvgIpc) is 3.35. The molecule has 4 rings (SSSR count). The van der Waals surface area contributed by atoms with Gasteiger partial charge in [-0.15, -0.1) is 10.2 Å². The van der Waals surface area contributed by atoms with E-state index >= 15 is 0 Å². The number of nitrogens with one attached hydrogen (secondary N) is 2. The van der Waals surface area contributed by atoms with Crippen LogP contribution in [0.15, 0.2) is 88.9 Å². The van der Waals surface area contributed by atoms with Crippen LogP contribution < -0.4 is 10.6 Å². The molecule has 1 aromatic heterocycles. The Morgan fingerprint density at radius 2 is 1.62 bits per heavy atom. The first-order valence-electron chi connectivity index (χ1n) is 11.6. The average molecular weight is 569 g/mol. The Kier molecular flexibility index (Phi) is 8.74. The highest BCUT2D eigenvalue weighted by Gasteiger charge is 2.19. The third kappa shape index (κ3) is 6.88. The van der Waals surface area contributed by atoms with Crippen LogP contribution in [0.2, 0.25) is 0 Å². The van der Waals surface area contributed by atoms with Crippen molar-refractivity contribution < 1.29 is 22.4 Å². The Bertz CT molecular complexity index is 1560. The molecule has 0 aliphatic heterocycles. The highest BCUT2D eigenvalue weighted by atomic mass is 32.2. The quantitative estimate of drug-likeness (QED) is 0.281. The fourth-order valence-corrected chi connectivity index (χ4v) is 5.13.